The van der Waals surface area contributed by atoms with Crippen molar-refractivity contribution < 1.29 is 19.4 Å². The van der Waals surface area contributed by atoms with Gasteiger partial charge in [-0.15, -0.1) is 0 Å². The topological polar surface area (TPSA) is 76.5 Å². The number of allylic oxidation sites excluding steroid dienone is 1. The van der Waals surface area contributed by atoms with Crippen LogP contribution in [-0.4, -0.2) is 22.0 Å². The van der Waals surface area contributed by atoms with E-state index in [2.05, 4.69) is 6.08 Å². The number of hydrogen-bond donors (Lipinski definition) is 1. The number of fused-ring (bicyclic) bond motifs is 1. The van der Waals surface area contributed by atoms with Crippen LogP contribution in [0.4, 0.5) is 0 Å². The summed E-state index contributed by atoms with van der Waals surface area (Å²) in [5.41, 5.74) is 2.88. The predicted octanol–water partition coefficient (Wildman–Crippen LogP) is 6.20. The Morgan fingerprint density at radius 2 is 1.68 bits per heavy atom. The third kappa shape index (κ3) is 6.25. The van der Waals surface area contributed by atoms with E-state index in [4.69, 9.17) is 14.8 Å². The van der Waals surface area contributed by atoms with E-state index in [1.54, 1.807) is 12.1 Å². The van der Waals surface area contributed by atoms with E-state index >= 15 is 0 Å². The molecule has 31 heavy (non-hydrogen) atoms. The van der Waals surface area contributed by atoms with Crippen LogP contribution in [0.5, 0.6) is 5.75 Å². The number of aliphatic carboxylic acids is 1. The van der Waals surface area contributed by atoms with Gasteiger partial charge in [0, 0.05) is 17.4 Å². The number of aromatic nitrogens is 1. The van der Waals surface area contributed by atoms with Gasteiger partial charge in [-0.05, 0) is 56.5 Å². The highest BCUT2D eigenvalue weighted by molar-refractivity contribution is 5.95. The Bertz CT molecular complexity index is 1070. The van der Waals surface area contributed by atoms with Gasteiger partial charge in [-0.25, -0.2) is 9.78 Å². The van der Waals surface area contributed by atoms with Crippen molar-refractivity contribution in [1.82, 2.24) is 4.98 Å². The quantitative estimate of drug-likeness (QED) is 0.314. The number of nitrogens with zero attached hydrogens (tertiary/aromatic N) is 1. The maximum absolute atomic E-state index is 12.7. The highest BCUT2D eigenvalue weighted by Gasteiger charge is 2.16. The molecule has 1 heterocycles. The lowest BCUT2D eigenvalue weighted by Crippen LogP contribution is -2.10. The number of carbonyl (C=O) groups excluding carboxylic acids is 1. The number of esters is 1. The molecule has 1 aromatic heterocycles. The maximum atomic E-state index is 12.7. The van der Waals surface area contributed by atoms with Gasteiger partial charge in [0.15, 0.2) is 0 Å². The summed E-state index contributed by atoms with van der Waals surface area (Å²) >= 11 is 0. The minimum atomic E-state index is -0.735. The molecule has 0 bridgehead atoms. The smallest absolute Gasteiger partial charge is 0.343 e. The molecule has 3 aromatic rings. The Balaban J connectivity index is 1.73. The zero-order valence-electron chi connectivity index (χ0n) is 17.7. The number of hydrogen-bond acceptors (Lipinski definition) is 4. The highest BCUT2D eigenvalue weighted by Crippen LogP contribution is 2.31. The first-order valence-electron chi connectivity index (χ1n) is 10.6. The summed E-state index contributed by atoms with van der Waals surface area (Å²) in [6, 6.07) is 16.6. The molecule has 0 saturated carbocycles. The Morgan fingerprint density at radius 1 is 0.968 bits per heavy atom. The zero-order chi connectivity index (χ0) is 22.1. The summed E-state index contributed by atoms with van der Waals surface area (Å²) < 4.78 is 5.82. The third-order valence-electron chi connectivity index (χ3n) is 5.11. The number of pyridine rings is 1. The van der Waals surface area contributed by atoms with E-state index < -0.39 is 11.9 Å². The third-order valence-corrected chi connectivity index (χ3v) is 5.11. The molecular formula is C26H27NO4. The van der Waals surface area contributed by atoms with Crippen molar-refractivity contribution in [3.63, 3.8) is 0 Å². The molecule has 0 aliphatic heterocycles. The second-order valence-electron chi connectivity index (χ2n) is 7.47. The zero-order valence-corrected chi connectivity index (χ0v) is 17.7. The first kappa shape index (κ1) is 22.2. The molecule has 0 saturated heterocycles. The molecule has 1 N–H and O–H groups in total. The highest BCUT2D eigenvalue weighted by atomic mass is 16.5. The fourth-order valence-corrected chi connectivity index (χ4v) is 3.40. The SMILES string of the molecule is Cc1c(C=CCCCCCCC(=O)O)nc2ccccc2c1OC(=O)c1ccccc1. The largest absolute Gasteiger partial charge is 0.481 e. The van der Waals surface area contributed by atoms with Crippen LogP contribution in [0.1, 0.15) is 60.1 Å². The fourth-order valence-electron chi connectivity index (χ4n) is 3.40. The lowest BCUT2D eigenvalue weighted by atomic mass is 10.1. The van der Waals surface area contributed by atoms with Crippen LogP contribution in [0.15, 0.2) is 60.7 Å². The van der Waals surface area contributed by atoms with E-state index in [1.165, 1.54) is 0 Å². The van der Waals surface area contributed by atoms with Gasteiger partial charge in [-0.1, -0.05) is 49.2 Å². The van der Waals surface area contributed by atoms with E-state index in [0.29, 0.717) is 11.3 Å². The average Bonchev–Trinajstić information content (AvgIpc) is 2.78. The van der Waals surface area contributed by atoms with Gasteiger partial charge < -0.3 is 9.84 Å². The molecule has 0 atom stereocenters. The minimum Gasteiger partial charge on any atom is -0.481 e. The number of para-hydroxylation sites is 1. The Hall–Kier alpha value is -3.47. The van der Waals surface area contributed by atoms with Crippen LogP contribution < -0.4 is 4.74 Å². The fraction of sp³-hybridized carbons (Fsp3) is 0.269. The average molecular weight is 418 g/mol. The molecule has 0 radical (unpaired) electrons. The first-order valence-corrected chi connectivity index (χ1v) is 10.6. The summed E-state index contributed by atoms with van der Waals surface area (Å²) in [5, 5.41) is 9.48. The molecule has 0 fully saturated rings. The number of ether oxygens (including phenoxy) is 1. The van der Waals surface area contributed by atoms with Gasteiger partial charge in [-0.2, -0.15) is 0 Å². The summed E-state index contributed by atoms with van der Waals surface area (Å²) in [6.45, 7) is 1.92. The summed E-state index contributed by atoms with van der Waals surface area (Å²) in [6.07, 6.45) is 8.82. The van der Waals surface area contributed by atoms with Crippen molar-refractivity contribution in [3.8, 4) is 5.75 Å². The molecule has 0 amide bonds. The number of unbranched alkanes of at least 4 members (excludes halogenated alkanes) is 4. The molecule has 5 nitrogen and oxygen atoms in total. The van der Waals surface area contributed by atoms with Gasteiger partial charge in [0.2, 0.25) is 0 Å². The van der Waals surface area contributed by atoms with Gasteiger partial charge in [0.1, 0.15) is 5.75 Å². The van der Waals surface area contributed by atoms with Crippen molar-refractivity contribution in [1.29, 1.82) is 0 Å². The van der Waals surface area contributed by atoms with Crippen LogP contribution in [0, 0.1) is 6.92 Å². The molecule has 5 heteroatoms. The van der Waals surface area contributed by atoms with Gasteiger partial charge >= 0.3 is 11.9 Å². The van der Waals surface area contributed by atoms with Crippen molar-refractivity contribution >= 4 is 28.9 Å². The van der Waals surface area contributed by atoms with Crippen LogP contribution >= 0.6 is 0 Å². The normalized spacial score (nSPS) is 11.1. The molecule has 160 valence electrons. The lowest BCUT2D eigenvalue weighted by molar-refractivity contribution is -0.137. The second-order valence-corrected chi connectivity index (χ2v) is 7.47. The summed E-state index contributed by atoms with van der Waals surface area (Å²) in [5.74, 6) is -0.592. The molecule has 0 unspecified atom stereocenters. The first-order chi connectivity index (χ1) is 15.1. The van der Waals surface area contributed by atoms with Gasteiger partial charge in [0.25, 0.3) is 0 Å². The van der Waals surface area contributed by atoms with Gasteiger partial charge in [-0.3, -0.25) is 4.79 Å². The standard InChI is InChI=1S/C26H27NO4/c1-19-22(16-9-4-2-3-5-10-18-24(28)29)27-23-17-12-11-15-21(23)25(19)31-26(30)20-13-7-6-8-14-20/h6-9,11-17H,2-5,10,18H2,1H3,(H,28,29). The molecule has 0 spiro atoms. The number of rotatable bonds is 10. The van der Waals surface area contributed by atoms with E-state index in [1.807, 2.05) is 55.5 Å². The van der Waals surface area contributed by atoms with Crippen LogP contribution in [0.3, 0.4) is 0 Å². The maximum Gasteiger partial charge on any atom is 0.343 e. The monoisotopic (exact) mass is 417 g/mol. The van der Waals surface area contributed by atoms with E-state index in [-0.39, 0.29) is 6.42 Å². The van der Waals surface area contributed by atoms with Crippen molar-refractivity contribution in [2.75, 3.05) is 0 Å². The Kier molecular flexibility index (Phi) is 7.93. The summed E-state index contributed by atoms with van der Waals surface area (Å²) in [7, 11) is 0. The molecule has 0 aliphatic rings. The van der Waals surface area contributed by atoms with E-state index in [0.717, 1.165) is 54.3 Å². The predicted molar refractivity (Wildman–Crippen MR) is 122 cm³/mol. The lowest BCUT2D eigenvalue weighted by Gasteiger charge is -2.13. The van der Waals surface area contributed by atoms with Crippen LogP contribution in [-0.2, 0) is 4.79 Å². The molecule has 0 aliphatic carbocycles. The van der Waals surface area contributed by atoms with Crippen molar-refractivity contribution in [2.45, 2.75) is 45.4 Å². The molecule has 3 rings (SSSR count). The van der Waals surface area contributed by atoms with Crippen molar-refractivity contribution in [3.05, 3.63) is 77.5 Å². The van der Waals surface area contributed by atoms with E-state index in [9.17, 15) is 9.59 Å². The molecular weight excluding hydrogens is 390 g/mol. The number of carboxylic acids is 1. The molecule has 2 aromatic carbocycles. The van der Waals surface area contributed by atoms with Crippen LogP contribution in [0.2, 0.25) is 0 Å². The minimum absolute atomic E-state index is 0.237. The van der Waals surface area contributed by atoms with Crippen LogP contribution in [0.25, 0.3) is 17.0 Å². The number of carboxylic acid groups (broad SMARTS) is 1. The number of carbonyl (C=O) groups is 2. The summed E-state index contributed by atoms with van der Waals surface area (Å²) in [4.78, 5) is 27.9. The second kappa shape index (κ2) is 11.1. The Morgan fingerprint density at radius 3 is 2.45 bits per heavy atom. The van der Waals surface area contributed by atoms with Gasteiger partial charge in [0.05, 0.1) is 16.8 Å². The Labute approximate surface area is 182 Å². The van der Waals surface area contributed by atoms with Crippen molar-refractivity contribution in [2.24, 2.45) is 0 Å². The number of benzene rings is 2.